The first-order valence-electron chi connectivity index (χ1n) is 6.27. The fourth-order valence-corrected chi connectivity index (χ4v) is 3.86. The Morgan fingerprint density at radius 2 is 2.50 bits per heavy atom. The van der Waals surface area contributed by atoms with E-state index in [-0.39, 0.29) is 11.9 Å². The van der Waals surface area contributed by atoms with Crippen molar-refractivity contribution in [3.8, 4) is 0 Å². The molecule has 18 heavy (non-hydrogen) atoms. The Kier molecular flexibility index (Phi) is 5.03. The number of hydrogen-bond acceptors (Lipinski definition) is 5. The van der Waals surface area contributed by atoms with Crippen molar-refractivity contribution in [1.29, 1.82) is 0 Å². The number of nitrogens with one attached hydrogen (secondary N) is 1. The minimum atomic E-state index is -0.106. The maximum Gasteiger partial charge on any atom is 0.270 e. The van der Waals surface area contributed by atoms with Gasteiger partial charge >= 0.3 is 0 Å². The zero-order valence-corrected chi connectivity index (χ0v) is 12.1. The smallest absolute Gasteiger partial charge is 0.270 e. The van der Waals surface area contributed by atoms with Gasteiger partial charge in [0, 0.05) is 17.2 Å². The molecular formula is C12H19N3OS2. The van der Waals surface area contributed by atoms with Gasteiger partial charge in [-0.15, -0.1) is 11.3 Å². The summed E-state index contributed by atoms with van der Waals surface area (Å²) in [6.45, 7) is 2.62. The second kappa shape index (κ2) is 6.54. The highest BCUT2D eigenvalue weighted by Crippen LogP contribution is 2.24. The average molecular weight is 285 g/mol. The number of nitrogens with two attached hydrogens (primary N) is 1. The summed E-state index contributed by atoms with van der Waals surface area (Å²) in [4.78, 5) is 16.2. The number of hydrogen-bond donors (Lipinski definition) is 2. The Bertz CT molecular complexity index is 400. The summed E-state index contributed by atoms with van der Waals surface area (Å²) in [5.41, 5.74) is 6.22. The Morgan fingerprint density at radius 1 is 1.67 bits per heavy atom. The molecule has 3 N–H and O–H groups in total. The molecule has 2 unspecified atom stereocenters. The molecule has 6 heteroatoms. The van der Waals surface area contributed by atoms with Gasteiger partial charge in [-0.05, 0) is 25.5 Å². The average Bonchev–Trinajstić information content (AvgIpc) is 2.87. The van der Waals surface area contributed by atoms with Crippen molar-refractivity contribution in [3.63, 3.8) is 0 Å². The van der Waals surface area contributed by atoms with E-state index in [1.165, 1.54) is 36.4 Å². The normalized spacial score (nSPS) is 21.6. The number of thiazole rings is 1. The summed E-state index contributed by atoms with van der Waals surface area (Å²) in [6.07, 6.45) is 3.78. The summed E-state index contributed by atoms with van der Waals surface area (Å²) < 4.78 is 0. The fourth-order valence-electron chi connectivity index (χ4n) is 1.87. The lowest BCUT2D eigenvalue weighted by Gasteiger charge is -2.21. The zero-order valence-electron chi connectivity index (χ0n) is 10.5. The van der Waals surface area contributed by atoms with Gasteiger partial charge in [-0.1, -0.05) is 6.42 Å². The topological polar surface area (TPSA) is 68.0 Å². The van der Waals surface area contributed by atoms with Crippen LogP contribution in [0.3, 0.4) is 0 Å². The van der Waals surface area contributed by atoms with Gasteiger partial charge in [0.1, 0.15) is 10.7 Å². The Morgan fingerprint density at radius 3 is 3.11 bits per heavy atom. The number of amides is 1. The van der Waals surface area contributed by atoms with Crippen LogP contribution in [0.4, 0.5) is 0 Å². The van der Waals surface area contributed by atoms with Crippen LogP contribution in [0, 0.1) is 0 Å². The SMILES string of the molecule is CC(N)c1nc(C(=O)NCC2CCCCS2)cs1. The Balaban J connectivity index is 1.83. The molecule has 0 bridgehead atoms. The van der Waals surface area contributed by atoms with Crippen LogP contribution < -0.4 is 11.1 Å². The molecule has 2 atom stereocenters. The third-order valence-corrected chi connectivity index (χ3v) is 5.35. The number of rotatable bonds is 4. The highest BCUT2D eigenvalue weighted by molar-refractivity contribution is 7.99. The monoisotopic (exact) mass is 285 g/mol. The van der Waals surface area contributed by atoms with Crippen LogP contribution in [0.5, 0.6) is 0 Å². The lowest BCUT2D eigenvalue weighted by Crippen LogP contribution is -2.32. The van der Waals surface area contributed by atoms with Crippen LogP contribution in [0.2, 0.25) is 0 Å². The molecule has 1 aliphatic heterocycles. The van der Waals surface area contributed by atoms with Crippen LogP contribution in [0.1, 0.15) is 47.7 Å². The van der Waals surface area contributed by atoms with E-state index in [1.54, 1.807) is 5.38 Å². The third kappa shape index (κ3) is 3.70. The first kappa shape index (κ1) is 13.8. The largest absolute Gasteiger partial charge is 0.350 e. The summed E-state index contributed by atoms with van der Waals surface area (Å²) in [7, 11) is 0. The fraction of sp³-hybridized carbons (Fsp3) is 0.667. The van der Waals surface area contributed by atoms with Crippen LogP contribution in [-0.4, -0.2) is 28.4 Å². The first-order chi connectivity index (χ1) is 8.66. The zero-order chi connectivity index (χ0) is 13.0. The van der Waals surface area contributed by atoms with E-state index in [4.69, 9.17) is 5.73 Å². The molecule has 2 rings (SSSR count). The van der Waals surface area contributed by atoms with Crippen molar-refractivity contribution in [3.05, 3.63) is 16.1 Å². The summed E-state index contributed by atoms with van der Waals surface area (Å²) >= 11 is 3.40. The summed E-state index contributed by atoms with van der Waals surface area (Å²) in [5, 5.41) is 6.12. The minimum Gasteiger partial charge on any atom is -0.350 e. The molecule has 0 spiro atoms. The molecule has 0 saturated carbocycles. The lowest BCUT2D eigenvalue weighted by atomic mass is 10.2. The molecule has 0 aromatic carbocycles. The van der Waals surface area contributed by atoms with Crippen molar-refractivity contribution < 1.29 is 4.79 Å². The molecule has 2 heterocycles. The van der Waals surface area contributed by atoms with Gasteiger partial charge in [0.15, 0.2) is 0 Å². The molecule has 1 aromatic rings. The first-order valence-corrected chi connectivity index (χ1v) is 8.20. The van der Waals surface area contributed by atoms with Gasteiger partial charge < -0.3 is 11.1 Å². The van der Waals surface area contributed by atoms with Crippen molar-refractivity contribution >= 4 is 29.0 Å². The quantitative estimate of drug-likeness (QED) is 0.889. The molecule has 4 nitrogen and oxygen atoms in total. The van der Waals surface area contributed by atoms with E-state index in [9.17, 15) is 4.79 Å². The van der Waals surface area contributed by atoms with Crippen LogP contribution in [0.25, 0.3) is 0 Å². The Hall–Kier alpha value is -0.590. The van der Waals surface area contributed by atoms with Gasteiger partial charge in [0.05, 0.1) is 6.04 Å². The predicted molar refractivity (Wildman–Crippen MR) is 77.1 cm³/mol. The standard InChI is InChI=1S/C12H19N3OS2/c1-8(13)12-15-10(7-18-12)11(16)14-6-9-4-2-3-5-17-9/h7-9H,2-6,13H2,1H3,(H,14,16). The number of nitrogens with zero attached hydrogens (tertiary/aromatic N) is 1. The molecule has 0 radical (unpaired) electrons. The van der Waals surface area contributed by atoms with Gasteiger partial charge in [-0.3, -0.25) is 4.79 Å². The van der Waals surface area contributed by atoms with Crippen molar-refractivity contribution in [2.45, 2.75) is 37.5 Å². The second-order valence-electron chi connectivity index (χ2n) is 4.56. The van der Waals surface area contributed by atoms with E-state index in [0.29, 0.717) is 10.9 Å². The highest BCUT2D eigenvalue weighted by atomic mass is 32.2. The van der Waals surface area contributed by atoms with E-state index in [2.05, 4.69) is 10.3 Å². The molecular weight excluding hydrogens is 266 g/mol. The van der Waals surface area contributed by atoms with Crippen molar-refractivity contribution in [1.82, 2.24) is 10.3 Å². The molecule has 1 amide bonds. The second-order valence-corrected chi connectivity index (χ2v) is 6.86. The maximum atomic E-state index is 11.9. The number of aromatic nitrogens is 1. The number of carbonyl (C=O) groups is 1. The van der Waals surface area contributed by atoms with Crippen LogP contribution >= 0.6 is 23.1 Å². The predicted octanol–water partition coefficient (Wildman–Crippen LogP) is 2.18. The molecule has 1 aliphatic rings. The Labute approximate surface area is 116 Å². The molecule has 0 aliphatic carbocycles. The van der Waals surface area contributed by atoms with E-state index in [1.807, 2.05) is 18.7 Å². The molecule has 1 saturated heterocycles. The van der Waals surface area contributed by atoms with Crippen LogP contribution in [0.15, 0.2) is 5.38 Å². The van der Waals surface area contributed by atoms with E-state index >= 15 is 0 Å². The number of carbonyl (C=O) groups excluding carboxylic acids is 1. The van der Waals surface area contributed by atoms with Crippen LogP contribution in [-0.2, 0) is 0 Å². The van der Waals surface area contributed by atoms with E-state index in [0.717, 1.165) is 11.6 Å². The molecule has 100 valence electrons. The highest BCUT2D eigenvalue weighted by Gasteiger charge is 2.17. The van der Waals surface area contributed by atoms with Crippen molar-refractivity contribution in [2.75, 3.05) is 12.3 Å². The lowest BCUT2D eigenvalue weighted by molar-refractivity contribution is 0.0949. The summed E-state index contributed by atoms with van der Waals surface area (Å²) in [6, 6.07) is -0.106. The third-order valence-electron chi connectivity index (χ3n) is 2.91. The molecule has 1 aromatic heterocycles. The minimum absolute atomic E-state index is 0.0793. The van der Waals surface area contributed by atoms with Gasteiger partial charge in [-0.25, -0.2) is 4.98 Å². The summed E-state index contributed by atoms with van der Waals surface area (Å²) in [5.74, 6) is 1.14. The van der Waals surface area contributed by atoms with E-state index < -0.39 is 0 Å². The van der Waals surface area contributed by atoms with Gasteiger partial charge in [-0.2, -0.15) is 11.8 Å². The van der Waals surface area contributed by atoms with Gasteiger partial charge in [0.25, 0.3) is 5.91 Å². The van der Waals surface area contributed by atoms with Crippen molar-refractivity contribution in [2.24, 2.45) is 5.73 Å². The number of thioether (sulfide) groups is 1. The maximum absolute atomic E-state index is 11.9. The molecule has 1 fully saturated rings. The van der Waals surface area contributed by atoms with Gasteiger partial charge in [0.2, 0.25) is 0 Å².